The van der Waals surface area contributed by atoms with Crippen LogP contribution in [0.2, 0.25) is 0 Å². The maximum Gasteiger partial charge on any atom is 0.355 e. The number of rotatable bonds is 6. The summed E-state index contributed by atoms with van der Waals surface area (Å²) in [5.41, 5.74) is 2.32. The number of aromatic nitrogens is 1. The fourth-order valence-electron chi connectivity index (χ4n) is 2.65. The molecule has 3 aromatic rings. The van der Waals surface area contributed by atoms with Gasteiger partial charge in [-0.1, -0.05) is 36.4 Å². The second kappa shape index (κ2) is 8.23. The molecule has 0 aliphatic rings. The van der Waals surface area contributed by atoms with Gasteiger partial charge in [0.15, 0.2) is 0 Å². The summed E-state index contributed by atoms with van der Waals surface area (Å²) in [6.07, 6.45) is 0.512. The van der Waals surface area contributed by atoms with Crippen molar-refractivity contribution in [3.8, 4) is 5.75 Å². The van der Waals surface area contributed by atoms with Crippen molar-refractivity contribution in [1.82, 2.24) is 4.98 Å². The van der Waals surface area contributed by atoms with Crippen LogP contribution in [0.3, 0.4) is 0 Å². The highest BCUT2D eigenvalue weighted by molar-refractivity contribution is 5.98. The normalized spacial score (nSPS) is 11.5. The lowest BCUT2D eigenvalue weighted by molar-refractivity contribution is -0.125. The van der Waals surface area contributed by atoms with Crippen molar-refractivity contribution in [2.45, 2.75) is 13.0 Å². The summed E-state index contributed by atoms with van der Waals surface area (Å²) in [6.45, 7) is 1.91. The van der Waals surface area contributed by atoms with Gasteiger partial charge in [0.2, 0.25) is 6.10 Å². The lowest BCUT2D eigenvalue weighted by Crippen LogP contribution is -2.26. The second-order valence-electron chi connectivity index (χ2n) is 5.97. The number of methoxy groups -OCH3 is 1. The first-order valence-corrected chi connectivity index (χ1v) is 8.43. The second-order valence-corrected chi connectivity index (χ2v) is 5.97. The lowest BCUT2D eigenvalue weighted by atomic mass is 10.1. The standard InChI is InChI=1S/C21H20N2O4/c1-14-10-11-18(26-2)17(13-14)23-20(24)19(15-7-4-3-5-8-15)27-21(25)16-9-6-12-22-16/h3-13,19,22H,1-2H3,(H,23,24)/t19-/m1/s1. The van der Waals surface area contributed by atoms with Crippen LogP contribution in [0, 0.1) is 6.92 Å². The molecule has 27 heavy (non-hydrogen) atoms. The zero-order chi connectivity index (χ0) is 19.2. The minimum Gasteiger partial charge on any atom is -0.495 e. The zero-order valence-electron chi connectivity index (χ0n) is 15.1. The first-order valence-electron chi connectivity index (χ1n) is 8.43. The Balaban J connectivity index is 1.87. The molecule has 0 aliphatic carbocycles. The van der Waals surface area contributed by atoms with E-state index in [-0.39, 0.29) is 5.69 Å². The minimum atomic E-state index is -1.10. The van der Waals surface area contributed by atoms with E-state index in [9.17, 15) is 9.59 Å². The third-order valence-electron chi connectivity index (χ3n) is 4.00. The fourth-order valence-corrected chi connectivity index (χ4v) is 2.65. The van der Waals surface area contributed by atoms with Gasteiger partial charge in [-0.3, -0.25) is 4.79 Å². The predicted molar refractivity (Wildman–Crippen MR) is 102 cm³/mol. The summed E-state index contributed by atoms with van der Waals surface area (Å²) in [7, 11) is 1.53. The van der Waals surface area contributed by atoms with Crippen LogP contribution in [-0.2, 0) is 9.53 Å². The summed E-state index contributed by atoms with van der Waals surface area (Å²) >= 11 is 0. The van der Waals surface area contributed by atoms with E-state index in [0.717, 1.165) is 5.56 Å². The van der Waals surface area contributed by atoms with E-state index in [1.165, 1.54) is 7.11 Å². The molecule has 138 valence electrons. The van der Waals surface area contributed by atoms with Crippen LogP contribution in [-0.4, -0.2) is 24.0 Å². The quantitative estimate of drug-likeness (QED) is 0.651. The van der Waals surface area contributed by atoms with E-state index in [1.54, 1.807) is 54.7 Å². The Kier molecular flexibility index (Phi) is 5.56. The average Bonchev–Trinajstić information content (AvgIpc) is 3.21. The average molecular weight is 364 g/mol. The third-order valence-corrected chi connectivity index (χ3v) is 4.00. The van der Waals surface area contributed by atoms with Crippen LogP contribution in [0.25, 0.3) is 0 Å². The maximum absolute atomic E-state index is 12.9. The molecule has 1 heterocycles. The molecule has 0 radical (unpaired) electrons. The van der Waals surface area contributed by atoms with Crippen LogP contribution >= 0.6 is 0 Å². The van der Waals surface area contributed by atoms with Gasteiger partial charge in [-0.15, -0.1) is 0 Å². The largest absolute Gasteiger partial charge is 0.495 e. The summed E-state index contributed by atoms with van der Waals surface area (Å²) in [6, 6.07) is 17.6. The molecule has 0 saturated carbocycles. The van der Waals surface area contributed by atoms with Crippen LogP contribution in [0.1, 0.15) is 27.7 Å². The van der Waals surface area contributed by atoms with Crippen LogP contribution in [0.5, 0.6) is 5.75 Å². The topological polar surface area (TPSA) is 80.4 Å². The van der Waals surface area contributed by atoms with Crippen molar-refractivity contribution in [1.29, 1.82) is 0 Å². The highest BCUT2D eigenvalue weighted by Crippen LogP contribution is 2.28. The van der Waals surface area contributed by atoms with E-state index in [1.807, 2.05) is 19.1 Å². The van der Waals surface area contributed by atoms with Gasteiger partial charge in [-0.25, -0.2) is 4.79 Å². The van der Waals surface area contributed by atoms with E-state index in [0.29, 0.717) is 17.0 Å². The number of benzene rings is 2. The number of hydrogen-bond donors (Lipinski definition) is 2. The highest BCUT2D eigenvalue weighted by atomic mass is 16.5. The van der Waals surface area contributed by atoms with Crippen molar-refractivity contribution >= 4 is 17.6 Å². The minimum absolute atomic E-state index is 0.275. The summed E-state index contributed by atoms with van der Waals surface area (Å²) in [4.78, 5) is 28.1. The SMILES string of the molecule is COc1ccc(C)cc1NC(=O)[C@H](OC(=O)c1ccc[nH]1)c1ccccc1. The van der Waals surface area contributed by atoms with Crippen LogP contribution < -0.4 is 10.1 Å². The van der Waals surface area contributed by atoms with E-state index in [4.69, 9.17) is 9.47 Å². The van der Waals surface area contributed by atoms with Gasteiger partial charge in [0.1, 0.15) is 11.4 Å². The molecule has 3 rings (SSSR count). The number of H-pyrrole nitrogens is 1. The lowest BCUT2D eigenvalue weighted by Gasteiger charge is -2.19. The number of carbonyl (C=O) groups is 2. The van der Waals surface area contributed by atoms with E-state index < -0.39 is 18.0 Å². The van der Waals surface area contributed by atoms with Gasteiger partial charge in [-0.2, -0.15) is 0 Å². The van der Waals surface area contributed by atoms with Crippen LogP contribution in [0.15, 0.2) is 66.9 Å². The molecule has 1 amide bonds. The predicted octanol–water partition coefficient (Wildman–Crippen LogP) is 3.87. The Morgan fingerprint density at radius 3 is 2.48 bits per heavy atom. The van der Waals surface area contributed by atoms with Gasteiger partial charge in [0, 0.05) is 11.8 Å². The zero-order valence-corrected chi connectivity index (χ0v) is 15.1. The number of amides is 1. The smallest absolute Gasteiger partial charge is 0.355 e. The number of ether oxygens (including phenoxy) is 2. The molecule has 0 unspecified atom stereocenters. The van der Waals surface area contributed by atoms with Crippen molar-refractivity contribution in [3.63, 3.8) is 0 Å². The molecule has 0 fully saturated rings. The Hall–Kier alpha value is -3.54. The van der Waals surface area contributed by atoms with Crippen molar-refractivity contribution in [2.24, 2.45) is 0 Å². The summed E-state index contributed by atoms with van der Waals surface area (Å²) in [5.74, 6) is -0.554. The number of carbonyl (C=O) groups excluding carboxylic acids is 2. The number of hydrogen-bond acceptors (Lipinski definition) is 4. The fraction of sp³-hybridized carbons (Fsp3) is 0.143. The first kappa shape index (κ1) is 18.3. The third kappa shape index (κ3) is 4.36. The van der Waals surface area contributed by atoms with Gasteiger partial charge >= 0.3 is 5.97 Å². The number of aryl methyl sites for hydroxylation is 1. The highest BCUT2D eigenvalue weighted by Gasteiger charge is 2.26. The van der Waals surface area contributed by atoms with Crippen LogP contribution in [0.4, 0.5) is 5.69 Å². The summed E-state index contributed by atoms with van der Waals surface area (Å²) < 4.78 is 10.8. The molecule has 2 N–H and O–H groups in total. The Morgan fingerprint density at radius 2 is 1.81 bits per heavy atom. The number of esters is 1. The Morgan fingerprint density at radius 1 is 1.04 bits per heavy atom. The van der Waals surface area contributed by atoms with E-state index >= 15 is 0 Å². The molecule has 6 heteroatoms. The van der Waals surface area contributed by atoms with Gasteiger partial charge in [0.05, 0.1) is 12.8 Å². The van der Waals surface area contributed by atoms with Gasteiger partial charge in [0.25, 0.3) is 5.91 Å². The molecule has 2 aromatic carbocycles. The molecular weight excluding hydrogens is 344 g/mol. The van der Waals surface area contributed by atoms with Crippen molar-refractivity contribution in [2.75, 3.05) is 12.4 Å². The molecule has 0 saturated heterocycles. The van der Waals surface area contributed by atoms with E-state index in [2.05, 4.69) is 10.3 Å². The van der Waals surface area contributed by atoms with Crippen molar-refractivity contribution in [3.05, 3.63) is 83.7 Å². The molecule has 0 aliphatic heterocycles. The monoisotopic (exact) mass is 364 g/mol. The molecule has 1 aromatic heterocycles. The number of aromatic amines is 1. The molecule has 0 bridgehead atoms. The summed E-state index contributed by atoms with van der Waals surface area (Å²) in [5, 5.41) is 2.80. The van der Waals surface area contributed by atoms with Gasteiger partial charge in [-0.05, 0) is 36.8 Å². The van der Waals surface area contributed by atoms with Gasteiger partial charge < -0.3 is 19.8 Å². The molecule has 1 atom stereocenters. The molecule has 0 spiro atoms. The molecule has 6 nitrogen and oxygen atoms in total. The maximum atomic E-state index is 12.9. The Labute approximate surface area is 157 Å². The number of nitrogens with one attached hydrogen (secondary N) is 2. The first-order chi connectivity index (χ1) is 13.1. The molecular formula is C21H20N2O4. The number of anilines is 1. The Bertz CT molecular complexity index is 921. The van der Waals surface area contributed by atoms with Crippen molar-refractivity contribution < 1.29 is 19.1 Å².